The van der Waals surface area contributed by atoms with Crippen LogP contribution >= 0.6 is 35.6 Å². The van der Waals surface area contributed by atoms with Gasteiger partial charge in [0.2, 0.25) is 0 Å². The number of aliphatic hydroxyl groups excluding tert-OH is 1. The fourth-order valence-corrected chi connectivity index (χ4v) is 3.24. The predicted octanol–water partition coefficient (Wildman–Crippen LogP) is 3.95. The van der Waals surface area contributed by atoms with Gasteiger partial charge >= 0.3 is 0 Å². The van der Waals surface area contributed by atoms with Crippen molar-refractivity contribution in [3.63, 3.8) is 0 Å². The molecule has 0 bridgehead atoms. The zero-order chi connectivity index (χ0) is 20.0. The Balaban J connectivity index is 0.00000392. The summed E-state index contributed by atoms with van der Waals surface area (Å²) in [6, 6.07) is 7.31. The Labute approximate surface area is 190 Å². The molecule has 1 unspecified atom stereocenters. The van der Waals surface area contributed by atoms with Gasteiger partial charge in [0.1, 0.15) is 6.10 Å². The van der Waals surface area contributed by atoms with Crippen molar-refractivity contribution in [2.45, 2.75) is 39.3 Å². The van der Waals surface area contributed by atoms with Gasteiger partial charge in [-0.05, 0) is 18.9 Å². The molecule has 0 saturated heterocycles. The van der Waals surface area contributed by atoms with Crippen LogP contribution in [0, 0.1) is 0 Å². The molecule has 2 aromatic rings. The Morgan fingerprint density at radius 3 is 2.64 bits per heavy atom. The number of guanidine groups is 1. The first-order chi connectivity index (χ1) is 12.8. The summed E-state index contributed by atoms with van der Waals surface area (Å²) in [4.78, 5) is 6.65. The smallest absolute Gasteiger partial charge is 0.194 e. The minimum absolute atomic E-state index is 0. The van der Waals surface area contributed by atoms with Crippen molar-refractivity contribution in [2.24, 2.45) is 12.0 Å². The molecule has 1 heterocycles. The van der Waals surface area contributed by atoms with Crippen molar-refractivity contribution < 1.29 is 5.11 Å². The van der Waals surface area contributed by atoms with Crippen LogP contribution in [0.25, 0.3) is 0 Å². The second-order valence-corrected chi connectivity index (χ2v) is 7.36. The SMILES string of the molecule is CCNC(=NCC(O)c1ccccc1Cl)N(C)Cc1cn(C)nc1C(C)C.I. The summed E-state index contributed by atoms with van der Waals surface area (Å²) in [6.45, 7) is 7.99. The molecule has 0 aliphatic rings. The van der Waals surface area contributed by atoms with Crippen molar-refractivity contribution in [1.29, 1.82) is 0 Å². The van der Waals surface area contributed by atoms with E-state index in [0.29, 0.717) is 23.0 Å². The van der Waals surface area contributed by atoms with Crippen LogP contribution in [-0.4, -0.2) is 45.9 Å². The molecule has 0 spiro atoms. The first-order valence-electron chi connectivity index (χ1n) is 9.27. The molecule has 1 atom stereocenters. The van der Waals surface area contributed by atoms with E-state index in [4.69, 9.17) is 11.6 Å². The molecule has 1 aromatic heterocycles. The molecule has 1 aromatic carbocycles. The van der Waals surface area contributed by atoms with Gasteiger partial charge in [0.05, 0.1) is 12.2 Å². The average Bonchev–Trinajstić information content (AvgIpc) is 2.99. The molecule has 0 aliphatic carbocycles. The van der Waals surface area contributed by atoms with Crippen LogP contribution in [0.5, 0.6) is 0 Å². The lowest BCUT2D eigenvalue weighted by Gasteiger charge is -2.23. The molecule has 156 valence electrons. The molecule has 8 heteroatoms. The molecule has 2 rings (SSSR count). The molecule has 0 fully saturated rings. The number of aryl methyl sites for hydroxylation is 1. The summed E-state index contributed by atoms with van der Waals surface area (Å²) in [7, 11) is 3.93. The topological polar surface area (TPSA) is 65.7 Å². The van der Waals surface area contributed by atoms with Crippen molar-refractivity contribution >= 4 is 41.5 Å². The van der Waals surface area contributed by atoms with Crippen LogP contribution in [0.1, 0.15) is 49.6 Å². The second kappa shape index (κ2) is 11.6. The summed E-state index contributed by atoms with van der Waals surface area (Å²) < 4.78 is 1.85. The molecule has 0 aliphatic heterocycles. The van der Waals surface area contributed by atoms with Gasteiger partial charge in [-0.1, -0.05) is 43.6 Å². The van der Waals surface area contributed by atoms with Gasteiger partial charge in [-0.3, -0.25) is 9.67 Å². The third-order valence-electron chi connectivity index (χ3n) is 4.27. The summed E-state index contributed by atoms with van der Waals surface area (Å²) >= 11 is 6.17. The van der Waals surface area contributed by atoms with Crippen LogP contribution < -0.4 is 5.32 Å². The minimum Gasteiger partial charge on any atom is -0.386 e. The van der Waals surface area contributed by atoms with Gasteiger partial charge < -0.3 is 15.3 Å². The van der Waals surface area contributed by atoms with Crippen LogP contribution in [0.4, 0.5) is 0 Å². The van der Waals surface area contributed by atoms with Crippen molar-refractivity contribution in [2.75, 3.05) is 20.1 Å². The fourth-order valence-electron chi connectivity index (χ4n) is 2.98. The third-order valence-corrected chi connectivity index (χ3v) is 4.61. The van der Waals surface area contributed by atoms with E-state index in [1.54, 1.807) is 6.07 Å². The second-order valence-electron chi connectivity index (χ2n) is 6.96. The lowest BCUT2D eigenvalue weighted by Crippen LogP contribution is -2.39. The largest absolute Gasteiger partial charge is 0.386 e. The molecule has 0 saturated carbocycles. The Kier molecular flexibility index (Phi) is 10.3. The zero-order valence-electron chi connectivity index (χ0n) is 17.2. The van der Waals surface area contributed by atoms with E-state index in [1.165, 1.54) is 5.56 Å². The highest BCUT2D eigenvalue weighted by Crippen LogP contribution is 2.23. The maximum Gasteiger partial charge on any atom is 0.194 e. The first kappa shape index (κ1) is 24.7. The number of hydrogen-bond donors (Lipinski definition) is 2. The van der Waals surface area contributed by atoms with Crippen molar-refractivity contribution in [3.8, 4) is 0 Å². The number of nitrogens with zero attached hydrogens (tertiary/aromatic N) is 4. The van der Waals surface area contributed by atoms with E-state index in [0.717, 1.165) is 18.2 Å². The number of hydrogen-bond acceptors (Lipinski definition) is 3. The molecule has 0 amide bonds. The number of rotatable bonds is 7. The van der Waals surface area contributed by atoms with Gasteiger partial charge in [0.15, 0.2) is 5.96 Å². The Bertz CT molecular complexity index is 778. The predicted molar refractivity (Wildman–Crippen MR) is 127 cm³/mol. The highest BCUT2D eigenvalue weighted by Gasteiger charge is 2.16. The summed E-state index contributed by atoms with van der Waals surface area (Å²) in [5.74, 6) is 1.10. The highest BCUT2D eigenvalue weighted by molar-refractivity contribution is 14.0. The van der Waals surface area contributed by atoms with E-state index in [-0.39, 0.29) is 30.5 Å². The van der Waals surface area contributed by atoms with Crippen LogP contribution in [0.2, 0.25) is 5.02 Å². The first-order valence-corrected chi connectivity index (χ1v) is 9.65. The number of nitrogens with one attached hydrogen (secondary N) is 1. The van der Waals surface area contributed by atoms with Crippen molar-refractivity contribution in [1.82, 2.24) is 20.0 Å². The maximum absolute atomic E-state index is 10.5. The average molecular weight is 520 g/mol. The van der Waals surface area contributed by atoms with Crippen LogP contribution in [0.3, 0.4) is 0 Å². The normalized spacial score (nSPS) is 12.6. The minimum atomic E-state index is -0.745. The van der Waals surface area contributed by atoms with E-state index in [9.17, 15) is 5.11 Å². The molecule has 28 heavy (non-hydrogen) atoms. The van der Waals surface area contributed by atoms with E-state index in [2.05, 4.69) is 29.3 Å². The number of aliphatic imine (C=N–C) groups is 1. The van der Waals surface area contributed by atoms with Gasteiger partial charge in [-0.25, -0.2) is 0 Å². The van der Waals surface area contributed by atoms with Gasteiger partial charge in [-0.15, -0.1) is 24.0 Å². The lowest BCUT2D eigenvalue weighted by atomic mass is 10.1. The van der Waals surface area contributed by atoms with Gasteiger partial charge in [0, 0.05) is 49.5 Å². The van der Waals surface area contributed by atoms with Crippen molar-refractivity contribution in [3.05, 3.63) is 52.3 Å². The standard InChI is InChI=1S/C20H30ClN5O.HI/c1-6-22-20(23-11-18(27)16-9-7-8-10-17(16)21)25(4)12-15-13-26(5)24-19(15)14(2)3;/h7-10,13-14,18,27H,6,11-12H2,1-5H3,(H,22,23);1H. The Morgan fingerprint density at radius 2 is 2.04 bits per heavy atom. The van der Waals surface area contributed by atoms with E-state index >= 15 is 0 Å². The summed E-state index contributed by atoms with van der Waals surface area (Å²) in [5.41, 5.74) is 2.96. The zero-order valence-corrected chi connectivity index (χ0v) is 20.3. The monoisotopic (exact) mass is 519 g/mol. The van der Waals surface area contributed by atoms with Gasteiger partial charge in [0.25, 0.3) is 0 Å². The van der Waals surface area contributed by atoms with Gasteiger partial charge in [-0.2, -0.15) is 5.10 Å². The van der Waals surface area contributed by atoms with E-state index in [1.807, 2.05) is 55.0 Å². The maximum atomic E-state index is 10.5. The van der Waals surface area contributed by atoms with Crippen LogP contribution in [0.15, 0.2) is 35.5 Å². The lowest BCUT2D eigenvalue weighted by molar-refractivity contribution is 0.186. The molecule has 2 N–H and O–H groups in total. The number of halogens is 2. The third kappa shape index (κ3) is 6.63. The number of aromatic nitrogens is 2. The number of aliphatic hydroxyl groups is 1. The molecular formula is C20H31ClIN5O. The summed E-state index contributed by atoms with van der Waals surface area (Å²) in [5, 5.41) is 18.9. The highest BCUT2D eigenvalue weighted by atomic mass is 127. The fraction of sp³-hybridized carbons (Fsp3) is 0.500. The quantitative estimate of drug-likeness (QED) is 0.330. The van der Waals surface area contributed by atoms with E-state index < -0.39 is 6.10 Å². The Hall–Kier alpha value is -1.32. The number of benzene rings is 1. The Morgan fingerprint density at radius 1 is 1.36 bits per heavy atom. The molecule has 6 nitrogen and oxygen atoms in total. The van der Waals surface area contributed by atoms with Crippen LogP contribution in [-0.2, 0) is 13.6 Å². The molecular weight excluding hydrogens is 489 g/mol. The summed E-state index contributed by atoms with van der Waals surface area (Å²) in [6.07, 6.45) is 1.30. The molecule has 0 radical (unpaired) electrons.